The lowest BCUT2D eigenvalue weighted by Crippen LogP contribution is -2.36. The molecule has 1 unspecified atom stereocenters. The fourth-order valence-electron chi connectivity index (χ4n) is 3.16. The van der Waals surface area contributed by atoms with E-state index in [0.717, 1.165) is 6.07 Å². The van der Waals surface area contributed by atoms with E-state index in [1.165, 1.54) is 50.7 Å². The van der Waals surface area contributed by atoms with Crippen LogP contribution in [-0.2, 0) is 0 Å². The van der Waals surface area contributed by atoms with Gasteiger partial charge in [-0.05, 0) is 31.7 Å². The molecule has 0 spiro atoms. The van der Waals surface area contributed by atoms with Crippen molar-refractivity contribution in [1.29, 1.82) is 0 Å². The van der Waals surface area contributed by atoms with Gasteiger partial charge in [0.05, 0.1) is 6.10 Å². The summed E-state index contributed by atoms with van der Waals surface area (Å²) in [7, 11) is 0. The second kappa shape index (κ2) is 7.85. The van der Waals surface area contributed by atoms with Crippen molar-refractivity contribution in [3.63, 3.8) is 0 Å². The van der Waals surface area contributed by atoms with Crippen LogP contribution in [0.15, 0.2) is 18.2 Å². The van der Waals surface area contributed by atoms with Crippen LogP contribution in [0.5, 0.6) is 0 Å². The van der Waals surface area contributed by atoms with Crippen LogP contribution in [0.1, 0.15) is 57.1 Å². The molecule has 2 nitrogen and oxygen atoms in total. The molecule has 0 radical (unpaired) electrons. The molecule has 0 amide bonds. The number of hydrogen-bond acceptors (Lipinski definition) is 2. The zero-order valence-electron chi connectivity index (χ0n) is 12.6. The summed E-state index contributed by atoms with van der Waals surface area (Å²) in [6.45, 7) is 2.42. The van der Waals surface area contributed by atoms with Gasteiger partial charge in [0.15, 0.2) is 0 Å². The molecule has 4 heteroatoms. The van der Waals surface area contributed by atoms with Crippen LogP contribution in [0.25, 0.3) is 0 Å². The Balaban J connectivity index is 1.86. The van der Waals surface area contributed by atoms with Crippen molar-refractivity contribution < 1.29 is 13.9 Å². The van der Waals surface area contributed by atoms with Gasteiger partial charge in [0.2, 0.25) is 0 Å². The summed E-state index contributed by atoms with van der Waals surface area (Å²) >= 11 is 0. The molecule has 1 aromatic carbocycles. The largest absolute Gasteiger partial charge is 0.387 e. The summed E-state index contributed by atoms with van der Waals surface area (Å²) in [5, 5.41) is 13.4. The Morgan fingerprint density at radius 3 is 2.48 bits per heavy atom. The van der Waals surface area contributed by atoms with Crippen molar-refractivity contribution in [3.05, 3.63) is 35.4 Å². The summed E-state index contributed by atoms with van der Waals surface area (Å²) in [4.78, 5) is 0. The monoisotopic (exact) mass is 297 g/mol. The lowest BCUT2D eigenvalue weighted by atomic mass is 9.93. The van der Waals surface area contributed by atoms with Gasteiger partial charge in [-0.2, -0.15) is 0 Å². The minimum absolute atomic E-state index is 0.150. The van der Waals surface area contributed by atoms with Crippen LogP contribution in [0.2, 0.25) is 0 Å². The van der Waals surface area contributed by atoms with Gasteiger partial charge in [0.25, 0.3) is 0 Å². The van der Waals surface area contributed by atoms with E-state index in [1.807, 2.05) is 0 Å². The highest BCUT2D eigenvalue weighted by molar-refractivity contribution is 5.21. The number of halogens is 2. The van der Waals surface area contributed by atoms with Crippen molar-refractivity contribution in [1.82, 2.24) is 5.32 Å². The molecule has 1 fully saturated rings. The molecule has 1 aromatic rings. The van der Waals surface area contributed by atoms with Gasteiger partial charge in [0.1, 0.15) is 11.6 Å². The van der Waals surface area contributed by atoms with E-state index in [1.54, 1.807) is 0 Å². The highest BCUT2D eigenvalue weighted by atomic mass is 19.1. The first-order valence-electron chi connectivity index (χ1n) is 7.94. The van der Waals surface area contributed by atoms with Gasteiger partial charge < -0.3 is 10.4 Å². The average molecular weight is 297 g/mol. The molecule has 21 heavy (non-hydrogen) atoms. The Hall–Kier alpha value is -1.00. The molecule has 0 bridgehead atoms. The Bertz CT molecular complexity index is 444. The Labute approximate surface area is 125 Å². The lowest BCUT2D eigenvalue weighted by molar-refractivity contribution is 0.159. The third kappa shape index (κ3) is 4.75. The molecule has 2 N–H and O–H groups in total. The topological polar surface area (TPSA) is 32.3 Å². The van der Waals surface area contributed by atoms with E-state index in [2.05, 4.69) is 12.2 Å². The average Bonchev–Trinajstić information content (AvgIpc) is 2.73. The molecule has 0 saturated heterocycles. The Morgan fingerprint density at radius 1 is 1.19 bits per heavy atom. The first-order chi connectivity index (χ1) is 10.1. The second-order valence-corrected chi connectivity index (χ2v) is 6.13. The number of aliphatic hydroxyl groups excluding tert-OH is 1. The number of nitrogens with one attached hydrogen (secondary N) is 1. The summed E-state index contributed by atoms with van der Waals surface area (Å²) in [6, 6.07) is 3.61. The molecular formula is C17H25F2NO. The van der Waals surface area contributed by atoms with Crippen LogP contribution in [0.3, 0.4) is 0 Å². The van der Waals surface area contributed by atoms with E-state index in [0.29, 0.717) is 18.5 Å². The number of aliphatic hydroxyl groups is 1. The molecule has 0 aliphatic heterocycles. The maximum absolute atomic E-state index is 13.6. The summed E-state index contributed by atoms with van der Waals surface area (Å²) in [6.07, 6.45) is 6.65. The van der Waals surface area contributed by atoms with Gasteiger partial charge in [-0.15, -0.1) is 0 Å². The van der Waals surface area contributed by atoms with Crippen molar-refractivity contribution in [3.8, 4) is 0 Å². The zero-order chi connectivity index (χ0) is 15.2. The maximum Gasteiger partial charge on any atom is 0.131 e. The SMILES string of the molecule is C[C@@H](NCC(O)c1ccc(F)cc1F)C1CCCCCC1. The van der Waals surface area contributed by atoms with Gasteiger partial charge >= 0.3 is 0 Å². The van der Waals surface area contributed by atoms with Crippen LogP contribution in [-0.4, -0.2) is 17.7 Å². The predicted molar refractivity (Wildman–Crippen MR) is 80.0 cm³/mol. The molecule has 2 atom stereocenters. The minimum atomic E-state index is -0.946. The van der Waals surface area contributed by atoms with Crippen molar-refractivity contribution >= 4 is 0 Å². The van der Waals surface area contributed by atoms with E-state index >= 15 is 0 Å². The van der Waals surface area contributed by atoms with E-state index < -0.39 is 17.7 Å². The standard InChI is InChI=1S/C17H25F2NO/c1-12(13-6-4-2-3-5-7-13)20-11-17(21)15-9-8-14(18)10-16(15)19/h8-10,12-13,17,20-21H,2-7,11H2,1H3/t12-,17?/m1/s1. The van der Waals surface area contributed by atoms with Crippen LogP contribution >= 0.6 is 0 Å². The van der Waals surface area contributed by atoms with Gasteiger partial charge in [-0.3, -0.25) is 0 Å². The first kappa shape index (κ1) is 16.4. The number of rotatable bonds is 5. The van der Waals surface area contributed by atoms with Gasteiger partial charge in [-0.25, -0.2) is 8.78 Å². The highest BCUT2D eigenvalue weighted by Crippen LogP contribution is 2.26. The summed E-state index contributed by atoms with van der Waals surface area (Å²) in [5.74, 6) is -0.688. The third-order valence-corrected chi connectivity index (χ3v) is 4.56. The molecule has 0 heterocycles. The van der Waals surface area contributed by atoms with Crippen molar-refractivity contribution in [2.75, 3.05) is 6.54 Å². The number of hydrogen-bond donors (Lipinski definition) is 2. The third-order valence-electron chi connectivity index (χ3n) is 4.56. The zero-order valence-corrected chi connectivity index (χ0v) is 12.6. The smallest absolute Gasteiger partial charge is 0.131 e. The van der Waals surface area contributed by atoms with Gasteiger partial charge in [-0.1, -0.05) is 31.7 Å². The van der Waals surface area contributed by atoms with Crippen molar-refractivity contribution in [2.45, 2.75) is 57.6 Å². The maximum atomic E-state index is 13.6. The molecular weight excluding hydrogens is 272 g/mol. The highest BCUT2D eigenvalue weighted by Gasteiger charge is 2.20. The summed E-state index contributed by atoms with van der Waals surface area (Å²) in [5.41, 5.74) is 0.150. The number of benzene rings is 1. The predicted octanol–water partition coefficient (Wildman–Crippen LogP) is 3.95. The molecule has 2 rings (SSSR count). The van der Waals surface area contributed by atoms with Crippen LogP contribution in [0.4, 0.5) is 8.78 Å². The van der Waals surface area contributed by atoms with Crippen LogP contribution in [0, 0.1) is 17.6 Å². The first-order valence-corrected chi connectivity index (χ1v) is 7.94. The Kier molecular flexibility index (Phi) is 6.12. The quantitative estimate of drug-likeness (QED) is 0.807. The molecule has 1 aliphatic rings. The fourth-order valence-corrected chi connectivity index (χ4v) is 3.16. The van der Waals surface area contributed by atoms with Crippen LogP contribution < -0.4 is 5.32 Å². The van der Waals surface area contributed by atoms with Gasteiger partial charge in [0, 0.05) is 24.2 Å². The second-order valence-electron chi connectivity index (χ2n) is 6.13. The Morgan fingerprint density at radius 2 is 1.86 bits per heavy atom. The normalized spacial score (nSPS) is 20.0. The summed E-state index contributed by atoms with van der Waals surface area (Å²) < 4.78 is 26.5. The van der Waals surface area contributed by atoms with E-state index in [9.17, 15) is 13.9 Å². The molecule has 0 aromatic heterocycles. The van der Waals surface area contributed by atoms with E-state index in [4.69, 9.17) is 0 Å². The molecule has 1 saturated carbocycles. The molecule has 1 aliphatic carbocycles. The fraction of sp³-hybridized carbons (Fsp3) is 0.647. The minimum Gasteiger partial charge on any atom is -0.387 e. The lowest BCUT2D eigenvalue weighted by Gasteiger charge is -2.25. The van der Waals surface area contributed by atoms with Crippen molar-refractivity contribution in [2.24, 2.45) is 5.92 Å². The molecule has 118 valence electrons. The van der Waals surface area contributed by atoms with E-state index in [-0.39, 0.29) is 5.56 Å².